The molecule has 3 atom stereocenters. The average Bonchev–Trinajstić information content (AvgIpc) is 2.53. The molecule has 0 fully saturated rings. The molecule has 3 unspecified atom stereocenters. The fourth-order valence-electron chi connectivity index (χ4n) is 2.44. The Kier molecular flexibility index (Phi) is 7.92. The standard InChI is InChI=1S/C18H28N2O3/c1-4-16(21)15(10-12(2)3)20-18(23)17(22)14(19)11-13-8-6-5-7-9-13/h5-9,12,14-15,17,22H,4,10-11,19H2,1-3H3,(H,20,23). The van der Waals surface area contributed by atoms with E-state index in [2.05, 4.69) is 5.32 Å². The maximum Gasteiger partial charge on any atom is 0.251 e. The van der Waals surface area contributed by atoms with Gasteiger partial charge in [0.2, 0.25) is 0 Å². The lowest BCUT2D eigenvalue weighted by Gasteiger charge is -2.23. The summed E-state index contributed by atoms with van der Waals surface area (Å²) in [4.78, 5) is 24.1. The van der Waals surface area contributed by atoms with E-state index in [4.69, 9.17) is 5.73 Å². The molecule has 1 aromatic carbocycles. The number of Topliss-reactive ketones (excluding diaryl/α,β-unsaturated/α-hetero) is 1. The van der Waals surface area contributed by atoms with Gasteiger partial charge in [-0.1, -0.05) is 51.1 Å². The van der Waals surface area contributed by atoms with Gasteiger partial charge in [-0.15, -0.1) is 0 Å². The van der Waals surface area contributed by atoms with E-state index >= 15 is 0 Å². The maximum absolute atomic E-state index is 12.2. The number of benzene rings is 1. The van der Waals surface area contributed by atoms with Gasteiger partial charge >= 0.3 is 0 Å². The van der Waals surface area contributed by atoms with Crippen LogP contribution >= 0.6 is 0 Å². The molecule has 0 saturated heterocycles. The van der Waals surface area contributed by atoms with Crippen molar-refractivity contribution in [2.24, 2.45) is 11.7 Å². The zero-order valence-corrected chi connectivity index (χ0v) is 14.2. The van der Waals surface area contributed by atoms with E-state index in [9.17, 15) is 14.7 Å². The third kappa shape index (κ3) is 6.50. The van der Waals surface area contributed by atoms with Crippen LogP contribution in [0.25, 0.3) is 0 Å². The number of carbonyl (C=O) groups excluding carboxylic acids is 2. The molecular weight excluding hydrogens is 292 g/mol. The van der Waals surface area contributed by atoms with E-state index in [1.54, 1.807) is 6.92 Å². The zero-order chi connectivity index (χ0) is 17.4. The molecule has 0 aliphatic carbocycles. The van der Waals surface area contributed by atoms with Crippen LogP contribution in [-0.2, 0) is 16.0 Å². The molecule has 0 aromatic heterocycles. The summed E-state index contributed by atoms with van der Waals surface area (Å²) >= 11 is 0. The molecule has 4 N–H and O–H groups in total. The molecule has 1 rings (SSSR count). The summed E-state index contributed by atoms with van der Waals surface area (Å²) in [5.41, 5.74) is 6.89. The molecule has 128 valence electrons. The first-order valence-electron chi connectivity index (χ1n) is 8.15. The van der Waals surface area contributed by atoms with Gasteiger partial charge in [-0.3, -0.25) is 9.59 Å². The van der Waals surface area contributed by atoms with Crippen molar-refractivity contribution in [3.8, 4) is 0 Å². The summed E-state index contributed by atoms with van der Waals surface area (Å²) in [6, 6.07) is 8.17. The van der Waals surface area contributed by atoms with Gasteiger partial charge in [0.1, 0.15) is 6.10 Å². The van der Waals surface area contributed by atoms with Gasteiger partial charge in [0.15, 0.2) is 5.78 Å². The minimum Gasteiger partial charge on any atom is -0.382 e. The van der Waals surface area contributed by atoms with Crippen LogP contribution < -0.4 is 11.1 Å². The van der Waals surface area contributed by atoms with Gasteiger partial charge in [0, 0.05) is 12.5 Å². The second-order valence-electron chi connectivity index (χ2n) is 6.31. The van der Waals surface area contributed by atoms with E-state index in [1.165, 1.54) is 0 Å². The van der Waals surface area contributed by atoms with Crippen LogP contribution in [0.5, 0.6) is 0 Å². The van der Waals surface area contributed by atoms with Crippen molar-refractivity contribution in [3.05, 3.63) is 35.9 Å². The van der Waals surface area contributed by atoms with Crippen LogP contribution in [0.15, 0.2) is 30.3 Å². The van der Waals surface area contributed by atoms with Gasteiger partial charge in [0.05, 0.1) is 6.04 Å². The summed E-state index contributed by atoms with van der Waals surface area (Å²) in [6.07, 6.45) is -0.0379. The first-order chi connectivity index (χ1) is 10.8. The highest BCUT2D eigenvalue weighted by Gasteiger charge is 2.27. The predicted molar refractivity (Wildman–Crippen MR) is 90.8 cm³/mol. The fraction of sp³-hybridized carbons (Fsp3) is 0.556. The van der Waals surface area contributed by atoms with Crippen molar-refractivity contribution >= 4 is 11.7 Å². The lowest BCUT2D eigenvalue weighted by Crippen LogP contribution is -2.52. The van der Waals surface area contributed by atoms with Gasteiger partial charge in [0.25, 0.3) is 5.91 Å². The van der Waals surface area contributed by atoms with E-state index < -0.39 is 24.1 Å². The molecule has 0 aliphatic rings. The predicted octanol–water partition coefficient (Wildman–Crippen LogP) is 1.43. The van der Waals surface area contributed by atoms with Crippen LogP contribution in [-0.4, -0.2) is 35.0 Å². The Morgan fingerprint density at radius 2 is 1.83 bits per heavy atom. The second kappa shape index (κ2) is 9.43. The number of hydrogen-bond acceptors (Lipinski definition) is 4. The SMILES string of the molecule is CCC(=O)C(CC(C)C)NC(=O)C(O)C(N)Cc1ccccc1. The van der Waals surface area contributed by atoms with E-state index in [-0.39, 0.29) is 11.7 Å². The molecule has 5 heteroatoms. The topological polar surface area (TPSA) is 92.4 Å². The monoisotopic (exact) mass is 320 g/mol. The van der Waals surface area contributed by atoms with Crippen LogP contribution in [0.2, 0.25) is 0 Å². The largest absolute Gasteiger partial charge is 0.382 e. The fourth-order valence-corrected chi connectivity index (χ4v) is 2.44. The first-order valence-corrected chi connectivity index (χ1v) is 8.15. The second-order valence-corrected chi connectivity index (χ2v) is 6.31. The number of aliphatic hydroxyl groups is 1. The van der Waals surface area contributed by atoms with Gasteiger partial charge in [-0.2, -0.15) is 0 Å². The molecule has 0 bridgehead atoms. The Hall–Kier alpha value is -1.72. The average molecular weight is 320 g/mol. The summed E-state index contributed by atoms with van der Waals surface area (Å²) in [6.45, 7) is 5.73. The minimum atomic E-state index is -1.34. The van der Waals surface area contributed by atoms with Crippen molar-refractivity contribution in [3.63, 3.8) is 0 Å². The molecule has 1 amide bonds. The van der Waals surface area contributed by atoms with Crippen molar-refractivity contribution in [2.75, 3.05) is 0 Å². The molecule has 0 heterocycles. The van der Waals surface area contributed by atoms with Crippen LogP contribution in [0.1, 0.15) is 39.2 Å². The van der Waals surface area contributed by atoms with E-state index in [0.29, 0.717) is 19.3 Å². The molecule has 0 aliphatic heterocycles. The number of hydrogen-bond donors (Lipinski definition) is 3. The maximum atomic E-state index is 12.2. The summed E-state index contributed by atoms with van der Waals surface area (Å²) < 4.78 is 0. The molecule has 0 spiro atoms. The summed E-state index contributed by atoms with van der Waals surface area (Å²) in [5, 5.41) is 12.8. The lowest BCUT2D eigenvalue weighted by molar-refractivity contribution is -0.134. The number of amides is 1. The number of nitrogens with one attached hydrogen (secondary N) is 1. The highest BCUT2D eigenvalue weighted by molar-refractivity contribution is 5.90. The number of ketones is 1. The third-order valence-corrected chi connectivity index (χ3v) is 3.75. The number of carbonyl (C=O) groups is 2. The van der Waals surface area contributed by atoms with Crippen molar-refractivity contribution < 1.29 is 14.7 Å². The quantitative estimate of drug-likeness (QED) is 0.642. The van der Waals surface area contributed by atoms with Crippen molar-refractivity contribution in [1.29, 1.82) is 0 Å². The molecule has 0 saturated carbocycles. The van der Waals surface area contributed by atoms with Gasteiger partial charge < -0.3 is 16.2 Å². The molecular formula is C18H28N2O3. The smallest absolute Gasteiger partial charge is 0.251 e. The Bertz CT molecular complexity index is 502. The Morgan fingerprint density at radius 1 is 1.22 bits per heavy atom. The van der Waals surface area contributed by atoms with Gasteiger partial charge in [-0.25, -0.2) is 0 Å². The van der Waals surface area contributed by atoms with E-state index in [1.807, 2.05) is 44.2 Å². The third-order valence-electron chi connectivity index (χ3n) is 3.75. The highest BCUT2D eigenvalue weighted by atomic mass is 16.3. The van der Waals surface area contributed by atoms with E-state index in [0.717, 1.165) is 5.56 Å². The summed E-state index contributed by atoms with van der Waals surface area (Å²) in [7, 11) is 0. The van der Waals surface area contributed by atoms with Crippen molar-refractivity contribution in [1.82, 2.24) is 5.32 Å². The van der Waals surface area contributed by atoms with Crippen molar-refractivity contribution in [2.45, 2.75) is 58.2 Å². The number of rotatable bonds is 9. The number of nitrogens with two attached hydrogens (primary N) is 1. The molecule has 5 nitrogen and oxygen atoms in total. The van der Waals surface area contributed by atoms with Gasteiger partial charge in [-0.05, 0) is 24.3 Å². The van der Waals surface area contributed by atoms with Crippen LogP contribution in [0.3, 0.4) is 0 Å². The molecule has 23 heavy (non-hydrogen) atoms. The zero-order valence-electron chi connectivity index (χ0n) is 14.2. The number of aliphatic hydroxyl groups excluding tert-OH is 1. The summed E-state index contributed by atoms with van der Waals surface area (Å²) in [5.74, 6) is -0.345. The Labute approximate surface area is 138 Å². The Morgan fingerprint density at radius 3 is 2.35 bits per heavy atom. The normalized spacial score (nSPS) is 15.0. The lowest BCUT2D eigenvalue weighted by atomic mass is 9.97. The first kappa shape index (κ1) is 19.3. The Balaban J connectivity index is 2.64. The molecule has 1 aromatic rings. The highest BCUT2D eigenvalue weighted by Crippen LogP contribution is 2.09. The molecule has 0 radical (unpaired) electrons. The van der Waals surface area contributed by atoms with Crippen LogP contribution in [0.4, 0.5) is 0 Å². The van der Waals surface area contributed by atoms with Crippen LogP contribution in [0, 0.1) is 5.92 Å². The minimum absolute atomic E-state index is 0.0316.